The van der Waals surface area contributed by atoms with Gasteiger partial charge in [-0.15, -0.1) is 5.10 Å². The first-order valence-corrected chi connectivity index (χ1v) is 4.72. The standard InChI is InChI=1S/C10H14N4/c1-7(6-11)8-4-3-5-9-10(8)12-13-14(9)2/h3-5,7H,6,11H2,1-2H3. The summed E-state index contributed by atoms with van der Waals surface area (Å²) >= 11 is 0. The molecule has 2 N–H and O–H groups in total. The second kappa shape index (κ2) is 3.38. The van der Waals surface area contributed by atoms with Gasteiger partial charge in [0.2, 0.25) is 0 Å². The highest BCUT2D eigenvalue weighted by atomic mass is 15.4. The van der Waals surface area contributed by atoms with Gasteiger partial charge in [-0.3, -0.25) is 0 Å². The van der Waals surface area contributed by atoms with Gasteiger partial charge in [0.1, 0.15) is 5.52 Å². The van der Waals surface area contributed by atoms with Gasteiger partial charge in [-0.2, -0.15) is 0 Å². The molecule has 0 spiro atoms. The molecule has 0 aliphatic rings. The number of hydrogen-bond acceptors (Lipinski definition) is 3. The summed E-state index contributed by atoms with van der Waals surface area (Å²) in [5, 5.41) is 8.14. The van der Waals surface area contributed by atoms with E-state index in [1.54, 1.807) is 4.68 Å². The van der Waals surface area contributed by atoms with Crippen molar-refractivity contribution in [2.45, 2.75) is 12.8 Å². The molecule has 74 valence electrons. The Bertz CT molecular complexity index is 446. The van der Waals surface area contributed by atoms with Crippen LogP contribution in [0.15, 0.2) is 18.2 Å². The van der Waals surface area contributed by atoms with Gasteiger partial charge >= 0.3 is 0 Å². The maximum Gasteiger partial charge on any atom is 0.116 e. The van der Waals surface area contributed by atoms with Gasteiger partial charge in [0.25, 0.3) is 0 Å². The maximum absolute atomic E-state index is 5.65. The average molecular weight is 190 g/mol. The zero-order chi connectivity index (χ0) is 10.1. The Morgan fingerprint density at radius 1 is 1.50 bits per heavy atom. The minimum absolute atomic E-state index is 0.329. The lowest BCUT2D eigenvalue weighted by molar-refractivity contribution is 0.735. The van der Waals surface area contributed by atoms with E-state index in [0.29, 0.717) is 12.5 Å². The van der Waals surface area contributed by atoms with E-state index >= 15 is 0 Å². The van der Waals surface area contributed by atoms with Crippen molar-refractivity contribution in [3.05, 3.63) is 23.8 Å². The average Bonchev–Trinajstić information content (AvgIpc) is 2.59. The summed E-state index contributed by atoms with van der Waals surface area (Å²) < 4.78 is 1.78. The lowest BCUT2D eigenvalue weighted by Crippen LogP contribution is -2.09. The van der Waals surface area contributed by atoms with Crippen LogP contribution in [-0.2, 0) is 7.05 Å². The Hall–Kier alpha value is -1.42. The summed E-state index contributed by atoms with van der Waals surface area (Å²) in [6.07, 6.45) is 0. The third kappa shape index (κ3) is 1.28. The van der Waals surface area contributed by atoms with E-state index in [9.17, 15) is 0 Å². The quantitative estimate of drug-likeness (QED) is 0.769. The SMILES string of the molecule is CC(CN)c1cccc2c1nnn2C. The predicted octanol–water partition coefficient (Wildman–Crippen LogP) is 1.03. The van der Waals surface area contributed by atoms with Gasteiger partial charge in [0.15, 0.2) is 0 Å². The fourth-order valence-corrected chi connectivity index (χ4v) is 1.60. The number of nitrogens with zero attached hydrogens (tertiary/aromatic N) is 3. The van der Waals surface area contributed by atoms with E-state index < -0.39 is 0 Å². The van der Waals surface area contributed by atoms with Crippen LogP contribution in [0, 0.1) is 0 Å². The largest absolute Gasteiger partial charge is 0.330 e. The van der Waals surface area contributed by atoms with Crippen LogP contribution in [0.3, 0.4) is 0 Å². The van der Waals surface area contributed by atoms with Gasteiger partial charge in [0, 0.05) is 7.05 Å². The fraction of sp³-hybridized carbons (Fsp3) is 0.400. The number of aryl methyl sites for hydroxylation is 1. The third-order valence-corrected chi connectivity index (χ3v) is 2.56. The molecule has 14 heavy (non-hydrogen) atoms. The van der Waals surface area contributed by atoms with E-state index in [4.69, 9.17) is 5.73 Å². The molecule has 4 heteroatoms. The van der Waals surface area contributed by atoms with E-state index in [-0.39, 0.29) is 0 Å². The molecular formula is C10H14N4. The Morgan fingerprint density at radius 3 is 3.00 bits per heavy atom. The number of fused-ring (bicyclic) bond motifs is 1. The molecule has 1 aromatic carbocycles. The van der Waals surface area contributed by atoms with Crippen molar-refractivity contribution in [2.75, 3.05) is 6.54 Å². The summed E-state index contributed by atoms with van der Waals surface area (Å²) in [5.74, 6) is 0.329. The van der Waals surface area contributed by atoms with Gasteiger partial charge < -0.3 is 5.73 Å². The number of hydrogen-bond donors (Lipinski definition) is 1. The van der Waals surface area contributed by atoms with Crippen molar-refractivity contribution in [3.63, 3.8) is 0 Å². The van der Waals surface area contributed by atoms with Crippen LogP contribution in [0.5, 0.6) is 0 Å². The fourth-order valence-electron chi connectivity index (χ4n) is 1.60. The summed E-state index contributed by atoms with van der Waals surface area (Å²) in [6.45, 7) is 2.74. The summed E-state index contributed by atoms with van der Waals surface area (Å²) in [6, 6.07) is 6.10. The van der Waals surface area contributed by atoms with Crippen LogP contribution in [0.2, 0.25) is 0 Å². The van der Waals surface area contributed by atoms with E-state index in [0.717, 1.165) is 11.0 Å². The molecule has 1 atom stereocenters. The second-order valence-corrected chi connectivity index (χ2v) is 3.56. The maximum atomic E-state index is 5.65. The third-order valence-electron chi connectivity index (χ3n) is 2.56. The van der Waals surface area contributed by atoms with E-state index in [1.807, 2.05) is 19.2 Å². The Balaban J connectivity index is 2.65. The minimum Gasteiger partial charge on any atom is -0.330 e. The zero-order valence-electron chi connectivity index (χ0n) is 8.44. The molecular weight excluding hydrogens is 176 g/mol. The molecule has 0 radical (unpaired) electrons. The van der Waals surface area contributed by atoms with E-state index in [1.165, 1.54) is 5.56 Å². The topological polar surface area (TPSA) is 56.7 Å². The molecule has 0 saturated heterocycles. The van der Waals surface area contributed by atoms with Crippen LogP contribution >= 0.6 is 0 Å². The molecule has 4 nitrogen and oxygen atoms in total. The summed E-state index contributed by atoms with van der Waals surface area (Å²) in [7, 11) is 1.90. The number of rotatable bonds is 2. The minimum atomic E-state index is 0.329. The second-order valence-electron chi connectivity index (χ2n) is 3.56. The Labute approximate surface area is 82.7 Å². The van der Waals surface area contributed by atoms with Gasteiger partial charge in [-0.05, 0) is 24.1 Å². The first-order chi connectivity index (χ1) is 6.74. The normalized spacial score (nSPS) is 13.4. The van der Waals surface area contributed by atoms with Crippen LogP contribution in [0.25, 0.3) is 11.0 Å². The van der Waals surface area contributed by atoms with Crippen LogP contribution in [-0.4, -0.2) is 21.5 Å². The van der Waals surface area contributed by atoms with Crippen molar-refractivity contribution in [1.29, 1.82) is 0 Å². The molecule has 1 aromatic heterocycles. The highest BCUT2D eigenvalue weighted by molar-refractivity contribution is 5.78. The number of nitrogens with two attached hydrogens (primary N) is 1. The van der Waals surface area contributed by atoms with Crippen molar-refractivity contribution in [3.8, 4) is 0 Å². The van der Waals surface area contributed by atoms with Crippen molar-refractivity contribution in [2.24, 2.45) is 12.8 Å². The Kier molecular flexibility index (Phi) is 2.21. The highest BCUT2D eigenvalue weighted by Gasteiger charge is 2.11. The van der Waals surface area contributed by atoms with Gasteiger partial charge in [-0.1, -0.05) is 24.3 Å². The first-order valence-electron chi connectivity index (χ1n) is 4.72. The van der Waals surface area contributed by atoms with Crippen molar-refractivity contribution < 1.29 is 0 Å². The summed E-state index contributed by atoms with van der Waals surface area (Å²) in [4.78, 5) is 0. The molecule has 0 saturated carbocycles. The van der Waals surface area contributed by atoms with Crippen molar-refractivity contribution in [1.82, 2.24) is 15.0 Å². The smallest absolute Gasteiger partial charge is 0.116 e. The van der Waals surface area contributed by atoms with Gasteiger partial charge in [-0.25, -0.2) is 4.68 Å². The monoisotopic (exact) mass is 190 g/mol. The van der Waals surface area contributed by atoms with Crippen LogP contribution < -0.4 is 5.73 Å². The van der Waals surface area contributed by atoms with Crippen LogP contribution in [0.4, 0.5) is 0 Å². The predicted molar refractivity (Wildman–Crippen MR) is 56.0 cm³/mol. The van der Waals surface area contributed by atoms with E-state index in [2.05, 4.69) is 23.3 Å². The molecule has 0 amide bonds. The summed E-state index contributed by atoms with van der Waals surface area (Å²) in [5.41, 5.74) is 8.85. The van der Waals surface area contributed by atoms with Crippen LogP contribution in [0.1, 0.15) is 18.4 Å². The molecule has 1 heterocycles. The molecule has 0 aliphatic carbocycles. The lowest BCUT2D eigenvalue weighted by Gasteiger charge is -2.08. The first kappa shape index (κ1) is 9.15. The molecule has 2 rings (SSSR count). The number of benzene rings is 1. The Morgan fingerprint density at radius 2 is 2.29 bits per heavy atom. The molecule has 0 fully saturated rings. The molecule has 1 unspecified atom stereocenters. The number of aromatic nitrogens is 3. The molecule has 2 aromatic rings. The highest BCUT2D eigenvalue weighted by Crippen LogP contribution is 2.22. The van der Waals surface area contributed by atoms with Gasteiger partial charge in [0.05, 0.1) is 5.52 Å². The molecule has 0 aliphatic heterocycles. The zero-order valence-corrected chi connectivity index (χ0v) is 8.44. The molecule has 0 bridgehead atoms. The van der Waals surface area contributed by atoms with Crippen molar-refractivity contribution >= 4 is 11.0 Å². The lowest BCUT2D eigenvalue weighted by atomic mass is 10.00.